The van der Waals surface area contributed by atoms with E-state index < -0.39 is 4.92 Å². The van der Waals surface area contributed by atoms with Crippen LogP contribution < -0.4 is 0 Å². The number of aromatic nitrogens is 5. The minimum absolute atomic E-state index is 0.0202. The van der Waals surface area contributed by atoms with Crippen LogP contribution in [-0.4, -0.2) is 52.6 Å². The lowest BCUT2D eigenvalue weighted by Crippen LogP contribution is -2.39. The zero-order valence-corrected chi connectivity index (χ0v) is 23.9. The van der Waals surface area contributed by atoms with Gasteiger partial charge in [0.15, 0.2) is 0 Å². The Morgan fingerprint density at radius 1 is 1.10 bits per heavy atom. The predicted molar refractivity (Wildman–Crippen MR) is 151 cm³/mol. The first kappa shape index (κ1) is 26.7. The molecular formula is C27H24Cl3N7O3. The summed E-state index contributed by atoms with van der Waals surface area (Å²) >= 11 is 18.6. The van der Waals surface area contributed by atoms with E-state index >= 15 is 0 Å². The molecule has 1 aliphatic heterocycles. The Morgan fingerprint density at radius 2 is 1.80 bits per heavy atom. The molecule has 2 aliphatic rings. The standard InChI is InChI=1S/C27H24Cl3N7O3/c1-15-25(37(39)40)16(2)35(32-15)13-17-3-5-18(6-4-17)26(38)34-10-7-19(27(34)8-9-27)23-14-36(33-31-23)24-12-21(29)20(28)11-22(24)30/h3-6,11-12,14,19H,7-10,13H2,1-2H3. The molecule has 1 saturated carbocycles. The minimum Gasteiger partial charge on any atom is -0.332 e. The van der Waals surface area contributed by atoms with Gasteiger partial charge in [-0.25, -0.2) is 4.68 Å². The van der Waals surface area contributed by atoms with Gasteiger partial charge in [0.25, 0.3) is 5.91 Å². The highest BCUT2D eigenvalue weighted by atomic mass is 35.5. The van der Waals surface area contributed by atoms with E-state index in [4.69, 9.17) is 34.8 Å². The van der Waals surface area contributed by atoms with Gasteiger partial charge < -0.3 is 4.90 Å². The van der Waals surface area contributed by atoms with Gasteiger partial charge in [0.05, 0.1) is 49.7 Å². The van der Waals surface area contributed by atoms with Crippen LogP contribution in [0.1, 0.15) is 58.2 Å². The van der Waals surface area contributed by atoms with Gasteiger partial charge in [-0.3, -0.25) is 19.6 Å². The van der Waals surface area contributed by atoms with E-state index in [0.717, 1.165) is 30.5 Å². The number of nitro groups is 1. The molecule has 10 nitrogen and oxygen atoms in total. The second kappa shape index (κ2) is 9.87. The molecule has 6 rings (SSSR count). The van der Waals surface area contributed by atoms with Gasteiger partial charge in [0.1, 0.15) is 11.4 Å². The summed E-state index contributed by atoms with van der Waals surface area (Å²) in [6.07, 6.45) is 4.44. The van der Waals surface area contributed by atoms with Crippen LogP contribution in [0.15, 0.2) is 42.6 Å². The van der Waals surface area contributed by atoms with Crippen molar-refractivity contribution in [2.45, 2.75) is 51.1 Å². The van der Waals surface area contributed by atoms with Crippen LogP contribution in [0.2, 0.25) is 15.1 Å². The molecular weight excluding hydrogens is 577 g/mol. The summed E-state index contributed by atoms with van der Waals surface area (Å²) in [6, 6.07) is 10.6. The first-order chi connectivity index (χ1) is 19.1. The monoisotopic (exact) mass is 599 g/mol. The zero-order valence-electron chi connectivity index (χ0n) is 21.6. The Labute approximate surface area is 244 Å². The van der Waals surface area contributed by atoms with Crippen LogP contribution in [0, 0.1) is 24.0 Å². The Hall–Kier alpha value is -3.47. The summed E-state index contributed by atoms with van der Waals surface area (Å²) in [5, 5.41) is 25.5. The molecule has 1 amide bonds. The molecule has 1 unspecified atom stereocenters. The lowest BCUT2D eigenvalue weighted by Gasteiger charge is -2.27. The Balaban J connectivity index is 1.18. The van der Waals surface area contributed by atoms with Gasteiger partial charge >= 0.3 is 5.69 Å². The summed E-state index contributed by atoms with van der Waals surface area (Å²) in [6.45, 7) is 4.32. The largest absolute Gasteiger partial charge is 0.332 e. The number of nitrogens with zero attached hydrogens (tertiary/aromatic N) is 7. The topological polar surface area (TPSA) is 112 Å². The third-order valence-electron chi connectivity index (χ3n) is 8.00. The summed E-state index contributed by atoms with van der Waals surface area (Å²) in [4.78, 5) is 26.5. The van der Waals surface area contributed by atoms with E-state index in [1.165, 1.54) is 0 Å². The Morgan fingerprint density at radius 3 is 2.45 bits per heavy atom. The molecule has 206 valence electrons. The van der Waals surface area contributed by atoms with Gasteiger partial charge in [0.2, 0.25) is 0 Å². The van der Waals surface area contributed by atoms with E-state index in [1.54, 1.807) is 35.3 Å². The summed E-state index contributed by atoms with van der Waals surface area (Å²) in [5.74, 6) is 0.0427. The number of carbonyl (C=O) groups is 1. The number of amides is 1. The van der Waals surface area contributed by atoms with Crippen molar-refractivity contribution in [3.8, 4) is 5.69 Å². The van der Waals surface area contributed by atoms with Crippen LogP contribution in [-0.2, 0) is 6.54 Å². The van der Waals surface area contributed by atoms with E-state index in [0.29, 0.717) is 50.8 Å². The maximum absolute atomic E-state index is 13.6. The van der Waals surface area contributed by atoms with Crippen LogP contribution in [0.25, 0.3) is 5.69 Å². The normalized spacial score (nSPS) is 17.5. The zero-order chi connectivity index (χ0) is 28.3. The average Bonchev–Trinajstić information content (AvgIpc) is 3.25. The first-order valence-electron chi connectivity index (χ1n) is 12.8. The fraction of sp³-hybridized carbons (Fsp3) is 0.333. The molecule has 0 bridgehead atoms. The highest BCUT2D eigenvalue weighted by Crippen LogP contribution is 2.57. The quantitative estimate of drug-likeness (QED) is 0.149. The van der Waals surface area contributed by atoms with Crippen LogP contribution in [0.5, 0.6) is 0 Å². The second-order valence-corrected chi connectivity index (χ2v) is 11.6. The molecule has 0 radical (unpaired) electrons. The smallest absolute Gasteiger partial charge is 0.312 e. The lowest BCUT2D eigenvalue weighted by molar-refractivity contribution is -0.386. The fourth-order valence-electron chi connectivity index (χ4n) is 5.84. The number of carbonyl (C=O) groups excluding carboxylic acids is 1. The summed E-state index contributed by atoms with van der Waals surface area (Å²) < 4.78 is 3.21. The fourth-order valence-corrected chi connectivity index (χ4v) is 6.47. The SMILES string of the molecule is Cc1nn(Cc2ccc(C(=O)N3CCC(c4cn(-c5cc(Cl)c(Cl)cc5Cl)nn4)C34CC4)cc2)c(C)c1[N+](=O)[O-]. The highest BCUT2D eigenvalue weighted by molar-refractivity contribution is 6.43. The molecule has 1 aliphatic carbocycles. The number of hydrogen-bond donors (Lipinski definition) is 0. The highest BCUT2D eigenvalue weighted by Gasteiger charge is 2.60. The third-order valence-corrected chi connectivity index (χ3v) is 9.02. The molecule has 2 fully saturated rings. The number of halogens is 3. The number of hydrogen-bond acceptors (Lipinski definition) is 6. The van der Waals surface area contributed by atoms with Crippen molar-refractivity contribution < 1.29 is 9.72 Å². The molecule has 2 aromatic carbocycles. The van der Waals surface area contributed by atoms with E-state index in [2.05, 4.69) is 15.4 Å². The van der Waals surface area contributed by atoms with Gasteiger partial charge in [-0.1, -0.05) is 52.1 Å². The van der Waals surface area contributed by atoms with Crippen LogP contribution in [0.3, 0.4) is 0 Å². The number of benzene rings is 2. The first-order valence-corrected chi connectivity index (χ1v) is 13.9. The van der Waals surface area contributed by atoms with E-state index in [-0.39, 0.29) is 23.1 Å². The van der Waals surface area contributed by atoms with Crippen molar-refractivity contribution in [2.75, 3.05) is 6.54 Å². The van der Waals surface area contributed by atoms with Crippen molar-refractivity contribution in [1.82, 2.24) is 29.7 Å². The summed E-state index contributed by atoms with van der Waals surface area (Å²) in [5.41, 5.74) is 3.53. The van der Waals surface area contributed by atoms with Crippen molar-refractivity contribution in [3.05, 3.63) is 96.0 Å². The van der Waals surface area contributed by atoms with Crippen molar-refractivity contribution in [2.24, 2.45) is 0 Å². The molecule has 1 spiro atoms. The van der Waals surface area contributed by atoms with Gasteiger partial charge in [0, 0.05) is 18.0 Å². The van der Waals surface area contributed by atoms with Crippen LogP contribution >= 0.6 is 34.8 Å². The summed E-state index contributed by atoms with van der Waals surface area (Å²) in [7, 11) is 0. The maximum atomic E-state index is 13.6. The predicted octanol–water partition coefficient (Wildman–Crippen LogP) is 6.16. The average molecular weight is 601 g/mol. The Bertz CT molecular complexity index is 1660. The van der Waals surface area contributed by atoms with Gasteiger partial charge in [-0.15, -0.1) is 5.10 Å². The minimum atomic E-state index is -0.407. The third kappa shape index (κ3) is 4.44. The van der Waals surface area contributed by atoms with Crippen molar-refractivity contribution in [3.63, 3.8) is 0 Å². The van der Waals surface area contributed by atoms with Crippen LogP contribution in [0.4, 0.5) is 5.69 Å². The van der Waals surface area contributed by atoms with Gasteiger partial charge in [-0.2, -0.15) is 5.10 Å². The molecule has 3 heterocycles. The lowest BCUT2D eigenvalue weighted by atomic mass is 9.94. The number of likely N-dealkylation sites (tertiary alicyclic amines) is 1. The second-order valence-electron chi connectivity index (χ2n) is 10.3. The molecule has 40 heavy (non-hydrogen) atoms. The molecule has 1 atom stereocenters. The molecule has 0 N–H and O–H groups in total. The number of aryl methyl sites for hydroxylation is 1. The van der Waals surface area contributed by atoms with E-state index in [1.807, 2.05) is 35.4 Å². The van der Waals surface area contributed by atoms with Crippen molar-refractivity contribution in [1.29, 1.82) is 0 Å². The molecule has 2 aromatic heterocycles. The van der Waals surface area contributed by atoms with Crippen molar-refractivity contribution >= 4 is 46.4 Å². The number of rotatable bonds is 6. The van der Waals surface area contributed by atoms with E-state index in [9.17, 15) is 14.9 Å². The maximum Gasteiger partial charge on any atom is 0.312 e. The molecule has 13 heteroatoms. The Kier molecular flexibility index (Phi) is 6.59. The molecule has 1 saturated heterocycles. The molecule has 4 aromatic rings. The van der Waals surface area contributed by atoms with Gasteiger partial charge in [-0.05, 0) is 62.9 Å².